The number of carboxylic acids is 1. The van der Waals surface area contributed by atoms with Crippen LogP contribution in [0.2, 0.25) is 0 Å². The van der Waals surface area contributed by atoms with Crippen LogP contribution in [0.4, 0.5) is 4.39 Å². The molecule has 0 bridgehead atoms. The van der Waals surface area contributed by atoms with Gasteiger partial charge in [0.25, 0.3) is 0 Å². The van der Waals surface area contributed by atoms with Crippen LogP contribution in [0.5, 0.6) is 11.5 Å². The monoisotopic (exact) mass is 468 g/mol. The molecule has 0 aliphatic carbocycles. The summed E-state index contributed by atoms with van der Waals surface area (Å²) >= 11 is 0. The summed E-state index contributed by atoms with van der Waals surface area (Å²) in [5.74, 6) is -0.729. The molecule has 7 nitrogen and oxygen atoms in total. The Morgan fingerprint density at radius 2 is 1.70 bits per heavy atom. The number of aromatic nitrogens is 1. The van der Waals surface area contributed by atoms with Crippen LogP contribution in [0.1, 0.15) is 22.7 Å². The van der Waals surface area contributed by atoms with Crippen molar-refractivity contribution in [2.45, 2.75) is 29.7 Å². The number of halogens is 1. The Morgan fingerprint density at radius 3 is 2.30 bits per heavy atom. The maximum Gasteiger partial charge on any atom is 0.325 e. The molecule has 4 aromatic rings. The van der Waals surface area contributed by atoms with Crippen molar-refractivity contribution in [1.29, 1.82) is 0 Å². The minimum atomic E-state index is -3.89. The SMILES string of the molecule is Cc1cc([C@H](N)C(=O)O)cc(C)c1Oc1ccc2[nH]cc(S(=O)(=O)c3ccc(F)cc3)c2c1. The van der Waals surface area contributed by atoms with Gasteiger partial charge in [-0.1, -0.05) is 12.1 Å². The van der Waals surface area contributed by atoms with E-state index in [2.05, 4.69) is 4.98 Å². The highest BCUT2D eigenvalue weighted by molar-refractivity contribution is 7.91. The molecule has 4 rings (SSSR count). The number of ether oxygens (including phenoxy) is 1. The van der Waals surface area contributed by atoms with Crippen LogP contribution >= 0.6 is 0 Å². The highest BCUT2D eigenvalue weighted by Crippen LogP contribution is 2.35. The Kier molecular flexibility index (Phi) is 5.69. The second kappa shape index (κ2) is 8.34. The van der Waals surface area contributed by atoms with Crippen molar-refractivity contribution in [3.63, 3.8) is 0 Å². The summed E-state index contributed by atoms with van der Waals surface area (Å²) in [4.78, 5) is 14.2. The van der Waals surface area contributed by atoms with Crippen molar-refractivity contribution in [1.82, 2.24) is 4.98 Å². The third kappa shape index (κ3) is 4.20. The number of aryl methyl sites for hydroxylation is 2. The molecule has 1 aromatic heterocycles. The summed E-state index contributed by atoms with van der Waals surface area (Å²) in [7, 11) is -3.89. The van der Waals surface area contributed by atoms with Gasteiger partial charge in [-0.3, -0.25) is 4.79 Å². The van der Waals surface area contributed by atoms with Crippen LogP contribution in [0, 0.1) is 19.7 Å². The number of aromatic amines is 1. The fraction of sp³-hybridized carbons (Fsp3) is 0.125. The average Bonchev–Trinajstić information content (AvgIpc) is 3.20. The van der Waals surface area contributed by atoms with E-state index >= 15 is 0 Å². The third-order valence-electron chi connectivity index (χ3n) is 5.36. The number of hydrogen-bond donors (Lipinski definition) is 3. The van der Waals surface area contributed by atoms with Gasteiger partial charge in [0.15, 0.2) is 0 Å². The lowest BCUT2D eigenvalue weighted by molar-refractivity contribution is -0.138. The average molecular weight is 469 g/mol. The van der Waals surface area contributed by atoms with Crippen LogP contribution in [-0.2, 0) is 14.6 Å². The first kappa shape index (κ1) is 22.5. The van der Waals surface area contributed by atoms with Crippen molar-refractivity contribution < 1.29 is 27.4 Å². The van der Waals surface area contributed by atoms with Gasteiger partial charge in [-0.05, 0) is 73.0 Å². The van der Waals surface area contributed by atoms with Gasteiger partial charge >= 0.3 is 5.97 Å². The maximum absolute atomic E-state index is 13.3. The standard InChI is InChI=1S/C24H21FN2O5S/c1-13-9-15(22(26)24(28)29)10-14(2)23(13)32-17-5-8-20-19(11-17)21(12-27-20)33(30,31)18-6-3-16(25)4-7-18/h3-12,22,27H,26H2,1-2H3,(H,28,29)/t22-/m0/s1. The minimum Gasteiger partial charge on any atom is -0.480 e. The number of nitrogens with two attached hydrogens (primary N) is 1. The van der Waals surface area contributed by atoms with Gasteiger partial charge in [0.2, 0.25) is 9.84 Å². The van der Waals surface area contributed by atoms with Crippen molar-refractivity contribution in [3.05, 3.63) is 83.3 Å². The molecule has 0 unspecified atom stereocenters. The molecular formula is C24H21FN2O5S. The molecule has 0 amide bonds. The largest absolute Gasteiger partial charge is 0.480 e. The molecule has 0 fully saturated rings. The van der Waals surface area contributed by atoms with E-state index in [1.54, 1.807) is 44.2 Å². The van der Waals surface area contributed by atoms with E-state index in [1.165, 1.54) is 18.3 Å². The molecule has 0 aliphatic heterocycles. The molecule has 0 aliphatic rings. The number of rotatable bonds is 6. The molecule has 3 aromatic carbocycles. The third-order valence-corrected chi connectivity index (χ3v) is 7.17. The molecule has 170 valence electrons. The molecule has 1 heterocycles. The Hall–Kier alpha value is -3.69. The number of hydrogen-bond acceptors (Lipinski definition) is 5. The summed E-state index contributed by atoms with van der Waals surface area (Å²) in [6.07, 6.45) is 1.39. The first-order chi connectivity index (χ1) is 15.6. The lowest BCUT2D eigenvalue weighted by Gasteiger charge is -2.16. The fourth-order valence-corrected chi connectivity index (χ4v) is 5.11. The van der Waals surface area contributed by atoms with Gasteiger partial charge in [-0.2, -0.15) is 0 Å². The summed E-state index contributed by atoms with van der Waals surface area (Å²) in [5, 5.41) is 9.59. The van der Waals surface area contributed by atoms with Gasteiger partial charge in [0.1, 0.15) is 23.4 Å². The lowest BCUT2D eigenvalue weighted by atomic mass is 10.0. The summed E-state index contributed by atoms with van der Waals surface area (Å²) < 4.78 is 45.5. The van der Waals surface area contributed by atoms with E-state index in [0.29, 0.717) is 39.1 Å². The lowest BCUT2D eigenvalue weighted by Crippen LogP contribution is -2.20. The molecule has 33 heavy (non-hydrogen) atoms. The summed E-state index contributed by atoms with van der Waals surface area (Å²) in [6, 6.07) is 11.8. The van der Waals surface area contributed by atoms with E-state index in [9.17, 15) is 17.6 Å². The van der Waals surface area contributed by atoms with Crippen molar-refractivity contribution in [2.24, 2.45) is 5.73 Å². The normalized spacial score (nSPS) is 12.6. The van der Waals surface area contributed by atoms with Crippen molar-refractivity contribution in [2.75, 3.05) is 0 Å². The first-order valence-corrected chi connectivity index (χ1v) is 11.5. The Labute approximate surface area is 189 Å². The van der Waals surface area contributed by atoms with Gasteiger partial charge < -0.3 is 20.6 Å². The van der Waals surface area contributed by atoms with Crippen LogP contribution in [0.15, 0.2) is 70.6 Å². The second-order valence-electron chi connectivity index (χ2n) is 7.72. The maximum atomic E-state index is 13.3. The van der Waals surface area contributed by atoms with Crippen LogP contribution < -0.4 is 10.5 Å². The Balaban J connectivity index is 1.73. The van der Waals surface area contributed by atoms with E-state index in [0.717, 1.165) is 12.1 Å². The van der Waals surface area contributed by atoms with Crippen LogP contribution in [-0.4, -0.2) is 24.5 Å². The number of sulfone groups is 1. The van der Waals surface area contributed by atoms with E-state index in [4.69, 9.17) is 15.6 Å². The molecule has 4 N–H and O–H groups in total. The molecule has 0 radical (unpaired) electrons. The topological polar surface area (TPSA) is 122 Å². The van der Waals surface area contributed by atoms with E-state index in [1.807, 2.05) is 0 Å². The quantitative estimate of drug-likeness (QED) is 0.355. The van der Waals surface area contributed by atoms with Gasteiger partial charge in [0, 0.05) is 17.1 Å². The summed E-state index contributed by atoms with van der Waals surface area (Å²) in [6.45, 7) is 3.55. The number of fused-ring (bicyclic) bond motifs is 1. The molecule has 1 atom stereocenters. The Bertz CT molecular complexity index is 1450. The number of aliphatic carboxylic acids is 1. The van der Waals surface area contributed by atoms with Crippen LogP contribution in [0.25, 0.3) is 10.9 Å². The predicted octanol–water partition coefficient (Wildman–Crippen LogP) is 4.63. The van der Waals surface area contributed by atoms with E-state index in [-0.39, 0.29) is 9.79 Å². The zero-order chi connectivity index (χ0) is 23.9. The number of nitrogens with one attached hydrogen (secondary N) is 1. The zero-order valence-electron chi connectivity index (χ0n) is 17.8. The number of carbonyl (C=O) groups is 1. The zero-order valence-corrected chi connectivity index (χ0v) is 18.6. The first-order valence-electron chi connectivity index (χ1n) is 9.97. The highest BCUT2D eigenvalue weighted by Gasteiger charge is 2.23. The molecule has 0 saturated carbocycles. The number of carboxylic acid groups (broad SMARTS) is 1. The van der Waals surface area contributed by atoms with Crippen molar-refractivity contribution in [3.8, 4) is 11.5 Å². The minimum absolute atomic E-state index is 0.0202. The van der Waals surface area contributed by atoms with Gasteiger partial charge in [-0.15, -0.1) is 0 Å². The van der Waals surface area contributed by atoms with E-state index < -0.39 is 27.7 Å². The smallest absolute Gasteiger partial charge is 0.325 e. The second-order valence-corrected chi connectivity index (χ2v) is 9.64. The molecular weight excluding hydrogens is 447 g/mol. The fourth-order valence-electron chi connectivity index (χ4n) is 3.69. The number of benzene rings is 3. The summed E-state index contributed by atoms with van der Waals surface area (Å²) in [5.41, 5.74) is 8.15. The van der Waals surface area contributed by atoms with Crippen molar-refractivity contribution >= 4 is 26.7 Å². The Morgan fingerprint density at radius 1 is 1.06 bits per heavy atom. The highest BCUT2D eigenvalue weighted by atomic mass is 32.2. The molecule has 0 spiro atoms. The van der Waals surface area contributed by atoms with Gasteiger partial charge in [0.05, 0.1) is 9.79 Å². The van der Waals surface area contributed by atoms with Crippen LogP contribution in [0.3, 0.4) is 0 Å². The number of H-pyrrole nitrogens is 1. The predicted molar refractivity (Wildman–Crippen MR) is 121 cm³/mol. The van der Waals surface area contributed by atoms with Gasteiger partial charge in [-0.25, -0.2) is 12.8 Å². The molecule has 0 saturated heterocycles. The molecule has 9 heteroatoms.